The third kappa shape index (κ3) is 4.50. The fraction of sp³-hybridized carbons (Fsp3) is 0.450. The van der Waals surface area contributed by atoms with Crippen LogP contribution in [0.5, 0.6) is 0 Å². The van der Waals surface area contributed by atoms with Crippen LogP contribution in [0.4, 0.5) is 0 Å². The molecular formula is C20H27N3O3. The Morgan fingerprint density at radius 3 is 2.31 bits per heavy atom. The van der Waals surface area contributed by atoms with Crippen molar-refractivity contribution in [1.82, 2.24) is 15.1 Å². The molecule has 0 aliphatic carbocycles. The predicted molar refractivity (Wildman–Crippen MR) is 100 cm³/mol. The van der Waals surface area contributed by atoms with Crippen molar-refractivity contribution in [2.45, 2.75) is 40.0 Å². The molecular weight excluding hydrogens is 330 g/mol. The van der Waals surface area contributed by atoms with Gasteiger partial charge in [-0.25, -0.2) is 0 Å². The van der Waals surface area contributed by atoms with E-state index < -0.39 is 11.9 Å². The van der Waals surface area contributed by atoms with Gasteiger partial charge in [0.1, 0.15) is 0 Å². The van der Waals surface area contributed by atoms with Gasteiger partial charge in [-0.1, -0.05) is 29.8 Å². The number of nitrogens with zero attached hydrogens (tertiary/aromatic N) is 2. The van der Waals surface area contributed by atoms with Crippen LogP contribution in [0.2, 0.25) is 0 Å². The quantitative estimate of drug-likeness (QED) is 0.797. The van der Waals surface area contributed by atoms with Crippen molar-refractivity contribution in [1.29, 1.82) is 0 Å². The number of carbonyl (C=O) groups excluding carboxylic acids is 1. The Labute approximate surface area is 154 Å². The van der Waals surface area contributed by atoms with Crippen molar-refractivity contribution < 1.29 is 14.7 Å². The summed E-state index contributed by atoms with van der Waals surface area (Å²) in [7, 11) is 1.85. The zero-order chi connectivity index (χ0) is 19.4. The van der Waals surface area contributed by atoms with Crippen LogP contribution in [0.25, 0.3) is 0 Å². The fourth-order valence-corrected chi connectivity index (χ4v) is 3.18. The molecule has 0 aliphatic rings. The molecule has 0 bridgehead atoms. The first-order chi connectivity index (χ1) is 12.2. The van der Waals surface area contributed by atoms with Gasteiger partial charge < -0.3 is 10.4 Å². The van der Waals surface area contributed by atoms with E-state index in [0.717, 1.165) is 28.1 Å². The molecule has 2 N–H and O–H groups in total. The van der Waals surface area contributed by atoms with E-state index in [2.05, 4.69) is 10.4 Å². The molecule has 1 amide bonds. The number of aryl methyl sites for hydroxylation is 3. The second kappa shape index (κ2) is 8.17. The number of rotatable bonds is 7. The Morgan fingerprint density at radius 1 is 1.19 bits per heavy atom. The van der Waals surface area contributed by atoms with E-state index >= 15 is 0 Å². The summed E-state index contributed by atoms with van der Waals surface area (Å²) in [5.74, 6) is -2.13. The van der Waals surface area contributed by atoms with Gasteiger partial charge in [-0.2, -0.15) is 5.10 Å². The second-order valence-electron chi connectivity index (χ2n) is 6.90. The minimum Gasteiger partial charge on any atom is -0.481 e. The van der Waals surface area contributed by atoms with Gasteiger partial charge in [-0.3, -0.25) is 14.3 Å². The minimum absolute atomic E-state index is 0.102. The minimum atomic E-state index is -0.910. The number of hydrogen-bond donors (Lipinski definition) is 2. The maximum absolute atomic E-state index is 12.5. The summed E-state index contributed by atoms with van der Waals surface area (Å²) < 4.78 is 1.76. The van der Waals surface area contributed by atoms with E-state index in [0.29, 0.717) is 6.42 Å². The fourth-order valence-electron chi connectivity index (χ4n) is 3.18. The van der Waals surface area contributed by atoms with Crippen LogP contribution < -0.4 is 5.32 Å². The Hall–Kier alpha value is -2.63. The van der Waals surface area contributed by atoms with Crippen LogP contribution in [0.1, 0.15) is 40.9 Å². The lowest BCUT2D eigenvalue weighted by Crippen LogP contribution is -2.36. The number of nitrogens with one attached hydrogen (secondary N) is 1. The van der Waals surface area contributed by atoms with Crippen molar-refractivity contribution in [2.75, 3.05) is 6.54 Å². The van der Waals surface area contributed by atoms with Crippen molar-refractivity contribution in [3.05, 3.63) is 52.3 Å². The molecule has 0 radical (unpaired) electrons. The van der Waals surface area contributed by atoms with Crippen LogP contribution in [-0.2, 0) is 23.1 Å². The highest BCUT2D eigenvalue weighted by Crippen LogP contribution is 2.23. The average Bonchev–Trinajstić information content (AvgIpc) is 2.84. The molecule has 6 nitrogen and oxygen atoms in total. The molecule has 0 aliphatic heterocycles. The van der Waals surface area contributed by atoms with Gasteiger partial charge in [0.15, 0.2) is 0 Å². The highest BCUT2D eigenvalue weighted by Gasteiger charge is 2.25. The molecule has 0 unspecified atom stereocenters. The number of aliphatic carboxylic acids is 1. The summed E-state index contributed by atoms with van der Waals surface area (Å²) in [6, 6.07) is 7.78. The Bertz CT molecular complexity index is 793. The molecule has 0 saturated heterocycles. The molecule has 26 heavy (non-hydrogen) atoms. The summed E-state index contributed by atoms with van der Waals surface area (Å²) in [4.78, 5) is 24.1. The molecule has 1 aromatic carbocycles. The summed E-state index contributed by atoms with van der Waals surface area (Å²) in [5.41, 5.74) is 4.74. The summed E-state index contributed by atoms with van der Waals surface area (Å²) >= 11 is 0. The SMILES string of the molecule is Cc1ccc(C[C@@H](CNC(=O)[C@H](C)c2c(C)nn(C)c2C)C(=O)O)cc1. The summed E-state index contributed by atoms with van der Waals surface area (Å²) in [6.07, 6.45) is 0.384. The molecule has 2 atom stereocenters. The van der Waals surface area contributed by atoms with Crippen molar-refractivity contribution in [3.8, 4) is 0 Å². The maximum atomic E-state index is 12.5. The lowest BCUT2D eigenvalue weighted by Gasteiger charge is -2.17. The predicted octanol–water partition coefficient (Wildman–Crippen LogP) is 2.51. The van der Waals surface area contributed by atoms with Gasteiger partial charge in [-0.05, 0) is 39.7 Å². The summed E-state index contributed by atoms with van der Waals surface area (Å²) in [5, 5.41) is 16.6. The zero-order valence-corrected chi connectivity index (χ0v) is 16.0. The third-order valence-electron chi connectivity index (χ3n) is 4.87. The second-order valence-corrected chi connectivity index (χ2v) is 6.90. The Morgan fingerprint density at radius 2 is 1.81 bits per heavy atom. The van der Waals surface area contributed by atoms with Gasteiger partial charge in [0.25, 0.3) is 0 Å². The van der Waals surface area contributed by atoms with E-state index in [4.69, 9.17) is 0 Å². The van der Waals surface area contributed by atoms with Gasteiger partial charge in [0, 0.05) is 24.8 Å². The number of aromatic nitrogens is 2. The average molecular weight is 357 g/mol. The molecule has 1 heterocycles. The molecule has 1 aromatic heterocycles. The standard InChI is InChI=1S/C20H27N3O3/c1-12-6-8-16(9-7-12)10-17(20(25)26)11-21-19(24)13(2)18-14(3)22-23(5)15(18)4/h6-9,13,17H,10-11H2,1-5H3,(H,21,24)(H,25,26)/t13-,17+/m1/s1. The number of amides is 1. The van der Waals surface area contributed by atoms with Gasteiger partial charge in [0.05, 0.1) is 17.5 Å². The number of hydrogen-bond acceptors (Lipinski definition) is 3. The number of benzene rings is 1. The first kappa shape index (κ1) is 19.7. The van der Waals surface area contributed by atoms with Gasteiger partial charge in [-0.15, -0.1) is 0 Å². The number of carboxylic acid groups (broad SMARTS) is 1. The first-order valence-corrected chi connectivity index (χ1v) is 8.76. The van der Waals surface area contributed by atoms with Crippen LogP contribution in [0.15, 0.2) is 24.3 Å². The molecule has 0 saturated carbocycles. The Kier molecular flexibility index (Phi) is 6.18. The molecule has 2 aromatic rings. The van der Waals surface area contributed by atoms with Gasteiger partial charge >= 0.3 is 5.97 Å². The Balaban J connectivity index is 2.02. The van der Waals surface area contributed by atoms with Crippen molar-refractivity contribution >= 4 is 11.9 Å². The monoisotopic (exact) mass is 357 g/mol. The van der Waals surface area contributed by atoms with Crippen LogP contribution >= 0.6 is 0 Å². The first-order valence-electron chi connectivity index (χ1n) is 8.76. The molecule has 0 fully saturated rings. The largest absolute Gasteiger partial charge is 0.481 e. The molecule has 140 valence electrons. The van der Waals surface area contributed by atoms with E-state index in [-0.39, 0.29) is 18.4 Å². The normalized spacial score (nSPS) is 13.3. The van der Waals surface area contributed by atoms with Crippen LogP contribution in [0, 0.1) is 26.7 Å². The lowest BCUT2D eigenvalue weighted by molar-refractivity contribution is -0.141. The van der Waals surface area contributed by atoms with Crippen molar-refractivity contribution in [2.24, 2.45) is 13.0 Å². The summed E-state index contributed by atoms with van der Waals surface area (Å²) in [6.45, 7) is 7.72. The zero-order valence-electron chi connectivity index (χ0n) is 16.0. The number of carbonyl (C=O) groups is 2. The van der Waals surface area contributed by atoms with E-state index in [1.165, 1.54) is 0 Å². The van der Waals surface area contributed by atoms with Crippen LogP contribution in [0.3, 0.4) is 0 Å². The smallest absolute Gasteiger partial charge is 0.308 e. The van der Waals surface area contributed by atoms with Gasteiger partial charge in [0.2, 0.25) is 5.91 Å². The van der Waals surface area contributed by atoms with E-state index in [1.54, 1.807) is 4.68 Å². The third-order valence-corrected chi connectivity index (χ3v) is 4.87. The van der Waals surface area contributed by atoms with E-state index in [1.807, 2.05) is 59.0 Å². The lowest BCUT2D eigenvalue weighted by atomic mass is 9.96. The number of carboxylic acids is 1. The maximum Gasteiger partial charge on any atom is 0.308 e. The highest BCUT2D eigenvalue weighted by molar-refractivity contribution is 5.84. The van der Waals surface area contributed by atoms with E-state index in [9.17, 15) is 14.7 Å². The molecule has 6 heteroatoms. The topological polar surface area (TPSA) is 84.2 Å². The highest BCUT2D eigenvalue weighted by atomic mass is 16.4. The molecule has 2 rings (SSSR count). The molecule has 0 spiro atoms. The van der Waals surface area contributed by atoms with Crippen LogP contribution in [-0.4, -0.2) is 33.3 Å². The van der Waals surface area contributed by atoms with Crippen molar-refractivity contribution in [3.63, 3.8) is 0 Å².